The molecule has 11 nitrogen and oxygen atoms in total. The van der Waals surface area contributed by atoms with Crippen LogP contribution in [0.1, 0.15) is 18.7 Å². The standard InChI is InChI=1S/C22H24N6O5/c1-2-23-22(30)27-19-16-20(25-11-24-19)28(12-26-16)21-18-17(14(10-29)31-21)32-15(33-18)9-8-13-6-4-3-5-7-13/h3-9,11-12,14-15,17-18,21,29H,2,10H2,1H3,(H2,23,24,25,27,30)/t14-,15+,17+,18?,21-/m1/s1. The van der Waals surface area contributed by atoms with E-state index in [0.717, 1.165) is 5.56 Å². The molecule has 5 atom stereocenters. The number of aliphatic hydroxyl groups is 1. The van der Waals surface area contributed by atoms with Gasteiger partial charge in [0.25, 0.3) is 0 Å². The maximum Gasteiger partial charge on any atom is 0.320 e. The van der Waals surface area contributed by atoms with Crippen molar-refractivity contribution in [3.63, 3.8) is 0 Å². The predicted octanol–water partition coefficient (Wildman–Crippen LogP) is 1.68. The predicted molar refractivity (Wildman–Crippen MR) is 118 cm³/mol. The molecule has 0 spiro atoms. The average molecular weight is 452 g/mol. The second kappa shape index (κ2) is 9.24. The highest BCUT2D eigenvalue weighted by atomic mass is 16.8. The van der Waals surface area contributed by atoms with Gasteiger partial charge >= 0.3 is 6.03 Å². The number of carbonyl (C=O) groups excluding carboxylic acids is 1. The summed E-state index contributed by atoms with van der Waals surface area (Å²) in [6.45, 7) is 2.08. The van der Waals surface area contributed by atoms with Gasteiger partial charge in [0.15, 0.2) is 29.5 Å². The van der Waals surface area contributed by atoms with Gasteiger partial charge < -0.3 is 24.6 Å². The minimum absolute atomic E-state index is 0.220. The van der Waals surface area contributed by atoms with Crippen LogP contribution in [-0.4, -0.2) is 68.4 Å². The third kappa shape index (κ3) is 4.18. The Bertz CT molecular complexity index is 1150. The molecule has 4 heterocycles. The first kappa shape index (κ1) is 21.5. The van der Waals surface area contributed by atoms with Crippen LogP contribution in [0.15, 0.2) is 49.1 Å². The molecule has 0 radical (unpaired) electrons. The Balaban J connectivity index is 1.39. The zero-order chi connectivity index (χ0) is 22.8. The molecule has 5 rings (SSSR count). The minimum Gasteiger partial charge on any atom is -0.394 e. The summed E-state index contributed by atoms with van der Waals surface area (Å²) >= 11 is 0. The molecule has 0 saturated carbocycles. The molecule has 11 heteroatoms. The lowest BCUT2D eigenvalue weighted by Gasteiger charge is -2.19. The zero-order valence-corrected chi connectivity index (χ0v) is 17.9. The van der Waals surface area contributed by atoms with E-state index in [1.54, 1.807) is 10.9 Å². The summed E-state index contributed by atoms with van der Waals surface area (Å²) in [5, 5.41) is 15.2. The van der Waals surface area contributed by atoms with E-state index in [2.05, 4.69) is 25.6 Å². The topological polar surface area (TPSA) is 133 Å². The van der Waals surface area contributed by atoms with Gasteiger partial charge in [0.1, 0.15) is 24.6 Å². The number of benzene rings is 1. The molecule has 1 unspecified atom stereocenters. The number of fused-ring (bicyclic) bond motifs is 2. The molecule has 0 aliphatic carbocycles. The van der Waals surface area contributed by atoms with Gasteiger partial charge in [0.2, 0.25) is 0 Å². The van der Waals surface area contributed by atoms with E-state index in [1.807, 2.05) is 49.4 Å². The molecule has 1 aromatic carbocycles. The van der Waals surface area contributed by atoms with Crippen molar-refractivity contribution in [1.82, 2.24) is 24.8 Å². The van der Waals surface area contributed by atoms with Gasteiger partial charge in [-0.2, -0.15) is 0 Å². The SMILES string of the molecule is CCNC(=O)Nc1ncnc2c1ncn2[C@@H]1O[C@H](CO)[C@@H]2O[C@H](C=Cc3ccccc3)OC21. The van der Waals surface area contributed by atoms with E-state index >= 15 is 0 Å². The molecular formula is C22H24N6O5. The van der Waals surface area contributed by atoms with Crippen molar-refractivity contribution in [3.8, 4) is 0 Å². The second-order valence-electron chi connectivity index (χ2n) is 7.62. The van der Waals surface area contributed by atoms with Crippen LogP contribution in [0, 0.1) is 0 Å². The molecule has 3 aromatic rings. The van der Waals surface area contributed by atoms with Gasteiger partial charge in [-0.3, -0.25) is 9.88 Å². The number of nitrogens with one attached hydrogen (secondary N) is 2. The number of aliphatic hydroxyl groups excluding tert-OH is 1. The Morgan fingerprint density at radius 1 is 1.15 bits per heavy atom. The fourth-order valence-corrected chi connectivity index (χ4v) is 4.02. The summed E-state index contributed by atoms with van der Waals surface area (Å²) in [5.74, 6) is 0.283. The maximum atomic E-state index is 11.9. The van der Waals surface area contributed by atoms with Gasteiger partial charge in [0, 0.05) is 6.54 Å². The quantitative estimate of drug-likeness (QED) is 0.515. The molecule has 3 N–H and O–H groups in total. The molecule has 2 aromatic heterocycles. The number of hydrogen-bond donors (Lipinski definition) is 3. The highest BCUT2D eigenvalue weighted by molar-refractivity contribution is 5.95. The molecule has 33 heavy (non-hydrogen) atoms. The number of urea groups is 1. The highest BCUT2D eigenvalue weighted by Crippen LogP contribution is 2.40. The number of carbonyl (C=O) groups is 1. The Morgan fingerprint density at radius 3 is 2.76 bits per heavy atom. The van der Waals surface area contributed by atoms with Crippen molar-refractivity contribution >= 4 is 29.1 Å². The number of hydrogen-bond acceptors (Lipinski definition) is 8. The van der Waals surface area contributed by atoms with Crippen LogP contribution < -0.4 is 10.6 Å². The smallest absolute Gasteiger partial charge is 0.320 e. The van der Waals surface area contributed by atoms with Crippen LogP contribution in [0.3, 0.4) is 0 Å². The number of amides is 2. The van der Waals surface area contributed by atoms with Crippen LogP contribution in [0.4, 0.5) is 10.6 Å². The Hall–Kier alpha value is -3.38. The summed E-state index contributed by atoms with van der Waals surface area (Å²) < 4.78 is 19.9. The maximum absolute atomic E-state index is 11.9. The number of aromatic nitrogens is 4. The van der Waals surface area contributed by atoms with E-state index in [1.165, 1.54) is 6.33 Å². The molecule has 2 fully saturated rings. The Kier molecular flexibility index (Phi) is 6.01. The number of anilines is 1. The Morgan fingerprint density at radius 2 is 1.97 bits per heavy atom. The first-order valence-corrected chi connectivity index (χ1v) is 10.7. The van der Waals surface area contributed by atoms with Gasteiger partial charge in [-0.1, -0.05) is 36.4 Å². The molecular weight excluding hydrogens is 428 g/mol. The monoisotopic (exact) mass is 452 g/mol. The van der Waals surface area contributed by atoms with Crippen LogP contribution in [0.5, 0.6) is 0 Å². The molecule has 0 bridgehead atoms. The van der Waals surface area contributed by atoms with Crippen molar-refractivity contribution in [1.29, 1.82) is 0 Å². The average Bonchev–Trinajstić information content (AvgIpc) is 3.52. The summed E-state index contributed by atoms with van der Waals surface area (Å²) in [5.41, 5.74) is 1.90. The largest absolute Gasteiger partial charge is 0.394 e. The van der Waals surface area contributed by atoms with Crippen LogP contribution >= 0.6 is 0 Å². The van der Waals surface area contributed by atoms with Gasteiger partial charge in [-0.15, -0.1) is 0 Å². The number of rotatable bonds is 6. The van der Waals surface area contributed by atoms with E-state index < -0.39 is 30.8 Å². The number of nitrogens with zero attached hydrogens (tertiary/aromatic N) is 4. The lowest BCUT2D eigenvalue weighted by atomic mass is 10.1. The van der Waals surface area contributed by atoms with Crippen LogP contribution in [0.25, 0.3) is 17.2 Å². The molecule has 2 amide bonds. The third-order valence-electron chi connectivity index (χ3n) is 5.50. The fraction of sp³-hybridized carbons (Fsp3) is 0.364. The lowest BCUT2D eigenvalue weighted by molar-refractivity contribution is -0.133. The lowest BCUT2D eigenvalue weighted by Crippen LogP contribution is -2.30. The highest BCUT2D eigenvalue weighted by Gasteiger charge is 2.53. The Labute approximate surface area is 189 Å². The van der Waals surface area contributed by atoms with Crippen molar-refractivity contribution in [2.45, 2.75) is 37.8 Å². The van der Waals surface area contributed by atoms with Crippen LogP contribution in [0.2, 0.25) is 0 Å². The second-order valence-corrected chi connectivity index (χ2v) is 7.62. The van der Waals surface area contributed by atoms with Gasteiger partial charge in [-0.25, -0.2) is 19.7 Å². The number of ether oxygens (including phenoxy) is 3. The zero-order valence-electron chi connectivity index (χ0n) is 17.9. The van der Waals surface area contributed by atoms with Crippen LogP contribution in [-0.2, 0) is 14.2 Å². The molecule has 172 valence electrons. The van der Waals surface area contributed by atoms with Crippen molar-refractivity contribution in [2.75, 3.05) is 18.5 Å². The minimum atomic E-state index is -0.625. The summed E-state index contributed by atoms with van der Waals surface area (Å²) in [4.78, 5) is 24.8. The van der Waals surface area contributed by atoms with Gasteiger partial charge in [-0.05, 0) is 18.6 Å². The van der Waals surface area contributed by atoms with Crippen molar-refractivity contribution in [2.24, 2.45) is 0 Å². The first-order valence-electron chi connectivity index (χ1n) is 10.7. The van der Waals surface area contributed by atoms with Crippen molar-refractivity contribution < 1.29 is 24.1 Å². The van der Waals surface area contributed by atoms with Crippen molar-refractivity contribution in [3.05, 3.63) is 54.6 Å². The van der Waals surface area contributed by atoms with E-state index in [0.29, 0.717) is 17.7 Å². The summed E-state index contributed by atoms with van der Waals surface area (Å²) in [6.07, 6.45) is 3.94. The summed E-state index contributed by atoms with van der Waals surface area (Å²) in [7, 11) is 0. The molecule has 2 aliphatic heterocycles. The molecule has 2 saturated heterocycles. The van der Waals surface area contributed by atoms with E-state index in [9.17, 15) is 9.90 Å². The first-order chi connectivity index (χ1) is 16.2. The summed E-state index contributed by atoms with van der Waals surface area (Å²) in [6, 6.07) is 9.45. The normalized spacial score (nSPS) is 26.7. The number of imidazole rings is 1. The fourth-order valence-electron chi connectivity index (χ4n) is 4.02. The van der Waals surface area contributed by atoms with E-state index in [4.69, 9.17) is 14.2 Å². The van der Waals surface area contributed by atoms with E-state index in [-0.39, 0.29) is 18.5 Å². The van der Waals surface area contributed by atoms with Gasteiger partial charge in [0.05, 0.1) is 12.9 Å². The molecule has 2 aliphatic rings. The third-order valence-corrected chi connectivity index (χ3v) is 5.50.